The van der Waals surface area contributed by atoms with Crippen molar-refractivity contribution < 1.29 is 4.52 Å². The molecule has 0 atom stereocenters. The van der Waals surface area contributed by atoms with E-state index in [1.807, 2.05) is 36.4 Å². The molecule has 2 aromatic heterocycles. The third kappa shape index (κ3) is 2.08. The molecule has 90 valence electrons. The van der Waals surface area contributed by atoms with Gasteiger partial charge in [0.2, 0.25) is 0 Å². The molecule has 0 bridgehead atoms. The van der Waals surface area contributed by atoms with Crippen LogP contribution >= 0.6 is 0 Å². The predicted octanol–water partition coefficient (Wildman–Crippen LogP) is 1.56. The maximum absolute atomic E-state index is 5.49. The van der Waals surface area contributed by atoms with Gasteiger partial charge in [-0.3, -0.25) is 0 Å². The SMILES string of the molecule is Nc1cn(Cc2cc(-c3ccccc3)no2)nn1. The quantitative estimate of drug-likeness (QED) is 0.752. The largest absolute Gasteiger partial charge is 0.381 e. The molecular formula is C12H11N5O. The molecule has 0 fully saturated rings. The lowest BCUT2D eigenvalue weighted by atomic mass is 10.1. The van der Waals surface area contributed by atoms with E-state index in [-0.39, 0.29) is 0 Å². The van der Waals surface area contributed by atoms with Crippen LogP contribution in [0.3, 0.4) is 0 Å². The van der Waals surface area contributed by atoms with Crippen molar-refractivity contribution in [2.45, 2.75) is 6.54 Å². The highest BCUT2D eigenvalue weighted by Gasteiger charge is 2.07. The monoisotopic (exact) mass is 241 g/mol. The number of anilines is 1. The Labute approximate surface area is 103 Å². The van der Waals surface area contributed by atoms with E-state index in [0.717, 1.165) is 11.3 Å². The second-order valence-corrected chi connectivity index (χ2v) is 3.89. The van der Waals surface area contributed by atoms with Crippen LogP contribution in [0.2, 0.25) is 0 Å². The van der Waals surface area contributed by atoms with E-state index in [4.69, 9.17) is 10.3 Å². The van der Waals surface area contributed by atoms with E-state index in [1.54, 1.807) is 10.9 Å². The van der Waals surface area contributed by atoms with Crippen LogP contribution in [0.5, 0.6) is 0 Å². The summed E-state index contributed by atoms with van der Waals surface area (Å²) >= 11 is 0. The number of nitrogen functional groups attached to an aromatic ring is 1. The molecule has 2 N–H and O–H groups in total. The van der Waals surface area contributed by atoms with Gasteiger partial charge in [0.1, 0.15) is 12.2 Å². The highest BCUT2D eigenvalue weighted by atomic mass is 16.5. The third-order valence-corrected chi connectivity index (χ3v) is 2.50. The van der Waals surface area contributed by atoms with Crippen molar-refractivity contribution in [3.63, 3.8) is 0 Å². The molecule has 6 heteroatoms. The summed E-state index contributed by atoms with van der Waals surface area (Å²) in [5.74, 6) is 1.09. The summed E-state index contributed by atoms with van der Waals surface area (Å²) in [4.78, 5) is 0. The summed E-state index contributed by atoms with van der Waals surface area (Å²) in [6.07, 6.45) is 1.64. The van der Waals surface area contributed by atoms with Crippen LogP contribution in [0, 0.1) is 0 Å². The second-order valence-electron chi connectivity index (χ2n) is 3.89. The molecule has 2 heterocycles. The van der Waals surface area contributed by atoms with E-state index in [0.29, 0.717) is 18.1 Å². The lowest BCUT2D eigenvalue weighted by molar-refractivity contribution is 0.372. The Morgan fingerprint density at radius 2 is 2.06 bits per heavy atom. The van der Waals surface area contributed by atoms with Gasteiger partial charge in [-0.05, 0) is 0 Å². The summed E-state index contributed by atoms with van der Waals surface area (Å²) in [6, 6.07) is 11.7. The fourth-order valence-corrected chi connectivity index (χ4v) is 1.68. The Balaban J connectivity index is 1.82. The average molecular weight is 241 g/mol. The number of hydrogen-bond donors (Lipinski definition) is 1. The van der Waals surface area contributed by atoms with Crippen LogP contribution in [0.15, 0.2) is 47.1 Å². The molecule has 0 saturated heterocycles. The number of hydrogen-bond acceptors (Lipinski definition) is 5. The summed E-state index contributed by atoms with van der Waals surface area (Å²) in [6.45, 7) is 0.462. The van der Waals surface area contributed by atoms with Crippen LogP contribution in [0.25, 0.3) is 11.3 Å². The van der Waals surface area contributed by atoms with Gasteiger partial charge in [-0.2, -0.15) is 0 Å². The van der Waals surface area contributed by atoms with E-state index >= 15 is 0 Å². The fraction of sp³-hybridized carbons (Fsp3) is 0.0833. The van der Waals surface area contributed by atoms with Crippen molar-refractivity contribution in [2.24, 2.45) is 0 Å². The Hall–Kier alpha value is -2.63. The molecule has 0 spiro atoms. The van der Waals surface area contributed by atoms with Gasteiger partial charge in [0.15, 0.2) is 11.6 Å². The molecule has 0 aliphatic carbocycles. The molecule has 18 heavy (non-hydrogen) atoms. The van der Waals surface area contributed by atoms with Crippen molar-refractivity contribution in [2.75, 3.05) is 5.73 Å². The predicted molar refractivity (Wildman–Crippen MR) is 65.5 cm³/mol. The van der Waals surface area contributed by atoms with Crippen LogP contribution < -0.4 is 5.73 Å². The molecule has 0 amide bonds. The van der Waals surface area contributed by atoms with E-state index < -0.39 is 0 Å². The number of benzene rings is 1. The van der Waals surface area contributed by atoms with Gasteiger partial charge in [-0.1, -0.05) is 40.7 Å². The van der Waals surface area contributed by atoms with Crippen molar-refractivity contribution in [3.8, 4) is 11.3 Å². The van der Waals surface area contributed by atoms with Gasteiger partial charge in [-0.15, -0.1) is 5.10 Å². The Kier molecular flexibility index (Phi) is 2.53. The minimum atomic E-state index is 0.387. The van der Waals surface area contributed by atoms with Crippen LogP contribution in [0.4, 0.5) is 5.82 Å². The number of rotatable bonds is 3. The first-order valence-corrected chi connectivity index (χ1v) is 5.48. The zero-order chi connectivity index (χ0) is 12.4. The van der Waals surface area contributed by atoms with Crippen LogP contribution in [-0.4, -0.2) is 20.2 Å². The van der Waals surface area contributed by atoms with Crippen molar-refractivity contribution in [1.82, 2.24) is 20.2 Å². The normalized spacial score (nSPS) is 10.7. The average Bonchev–Trinajstić information content (AvgIpc) is 3.01. The summed E-state index contributed by atoms with van der Waals surface area (Å²) in [5, 5.41) is 11.6. The van der Waals surface area contributed by atoms with Gasteiger partial charge >= 0.3 is 0 Å². The topological polar surface area (TPSA) is 82.8 Å². The molecule has 3 rings (SSSR count). The maximum Gasteiger partial charge on any atom is 0.165 e. The van der Waals surface area contributed by atoms with E-state index in [1.165, 1.54) is 0 Å². The first-order valence-electron chi connectivity index (χ1n) is 5.48. The van der Waals surface area contributed by atoms with Crippen molar-refractivity contribution >= 4 is 5.82 Å². The summed E-state index contributed by atoms with van der Waals surface area (Å²) in [5.41, 5.74) is 7.31. The first-order chi connectivity index (χ1) is 8.81. The zero-order valence-electron chi connectivity index (χ0n) is 9.52. The fourth-order valence-electron chi connectivity index (χ4n) is 1.68. The number of nitrogens with zero attached hydrogens (tertiary/aromatic N) is 4. The van der Waals surface area contributed by atoms with Crippen molar-refractivity contribution in [3.05, 3.63) is 48.4 Å². The highest BCUT2D eigenvalue weighted by Crippen LogP contribution is 2.18. The molecule has 0 aliphatic rings. The molecular weight excluding hydrogens is 230 g/mol. The minimum absolute atomic E-state index is 0.387. The number of nitrogens with two attached hydrogens (primary N) is 1. The van der Waals surface area contributed by atoms with Gasteiger partial charge in [-0.25, -0.2) is 4.68 Å². The van der Waals surface area contributed by atoms with Crippen molar-refractivity contribution in [1.29, 1.82) is 0 Å². The van der Waals surface area contributed by atoms with Gasteiger partial charge in [0.05, 0.1) is 6.20 Å². The van der Waals surface area contributed by atoms with Crippen LogP contribution in [-0.2, 0) is 6.54 Å². The lowest BCUT2D eigenvalue weighted by Crippen LogP contribution is -1.98. The summed E-state index contributed by atoms with van der Waals surface area (Å²) in [7, 11) is 0. The Bertz CT molecular complexity index is 643. The standard InChI is InChI=1S/C12H11N5O/c13-12-8-17(16-14-12)7-10-6-11(15-18-10)9-4-2-1-3-5-9/h1-6,8H,7,13H2. The third-order valence-electron chi connectivity index (χ3n) is 2.50. The molecule has 1 aromatic carbocycles. The van der Waals surface area contributed by atoms with Gasteiger partial charge < -0.3 is 10.3 Å². The zero-order valence-corrected chi connectivity index (χ0v) is 9.52. The highest BCUT2D eigenvalue weighted by molar-refractivity contribution is 5.58. The number of aromatic nitrogens is 4. The second kappa shape index (κ2) is 4.33. The van der Waals surface area contributed by atoms with Gasteiger partial charge in [0, 0.05) is 11.6 Å². The first kappa shape index (κ1) is 10.5. The molecule has 0 radical (unpaired) electrons. The molecule has 0 saturated carbocycles. The van der Waals surface area contributed by atoms with Gasteiger partial charge in [0.25, 0.3) is 0 Å². The maximum atomic E-state index is 5.49. The molecule has 3 aromatic rings. The van der Waals surface area contributed by atoms with E-state index in [9.17, 15) is 0 Å². The molecule has 6 nitrogen and oxygen atoms in total. The Morgan fingerprint density at radius 1 is 1.22 bits per heavy atom. The van der Waals surface area contributed by atoms with E-state index in [2.05, 4.69) is 15.5 Å². The summed E-state index contributed by atoms with van der Waals surface area (Å²) < 4.78 is 6.85. The molecule has 0 aliphatic heterocycles. The lowest BCUT2D eigenvalue weighted by Gasteiger charge is -1.93. The smallest absolute Gasteiger partial charge is 0.165 e. The molecule has 0 unspecified atom stereocenters. The van der Waals surface area contributed by atoms with Crippen LogP contribution in [0.1, 0.15) is 5.76 Å². The minimum Gasteiger partial charge on any atom is -0.381 e. The Morgan fingerprint density at radius 3 is 2.78 bits per heavy atom.